The number of hydrogen-bond acceptors (Lipinski definition) is 3. The highest BCUT2D eigenvalue weighted by Crippen LogP contribution is 2.22. The summed E-state index contributed by atoms with van der Waals surface area (Å²) < 4.78 is 5.45. The van der Waals surface area contributed by atoms with E-state index < -0.39 is 5.60 Å². The molecule has 0 saturated carbocycles. The first kappa shape index (κ1) is 19.5. The third-order valence-electron chi connectivity index (χ3n) is 4.95. The van der Waals surface area contributed by atoms with E-state index in [4.69, 9.17) is 4.74 Å². The van der Waals surface area contributed by atoms with Crippen molar-refractivity contribution in [3.63, 3.8) is 0 Å². The molecule has 3 rings (SSSR count). The molecule has 0 aromatic heterocycles. The molecular weight excluding hydrogens is 340 g/mol. The monoisotopic (exact) mass is 370 g/mol. The smallest absolute Gasteiger partial charge is 0.410 e. The molecule has 1 aromatic carbocycles. The van der Waals surface area contributed by atoms with Crippen LogP contribution < -0.4 is 0 Å². The number of amides is 2. The Hall–Kier alpha value is -2.30. The van der Waals surface area contributed by atoms with E-state index in [9.17, 15) is 9.59 Å². The van der Waals surface area contributed by atoms with Crippen molar-refractivity contribution < 1.29 is 14.3 Å². The zero-order chi connectivity index (χ0) is 19.4. The van der Waals surface area contributed by atoms with Gasteiger partial charge in [0.15, 0.2) is 0 Å². The second-order valence-electron chi connectivity index (χ2n) is 8.43. The standard InChI is InChI=1S/C22H30N2O3/c1-22(2,3)27-21(26)23-13-10-18(11-14-23)15-17-6-8-19(9-7-17)16-24-12-4-5-20(24)25/h6-9,15H,4-5,10-14,16H2,1-3H3. The molecule has 0 bridgehead atoms. The predicted octanol–water partition coefficient (Wildman–Crippen LogP) is 4.22. The first-order valence-corrected chi connectivity index (χ1v) is 9.84. The van der Waals surface area contributed by atoms with Crippen LogP contribution in [-0.2, 0) is 16.1 Å². The zero-order valence-corrected chi connectivity index (χ0v) is 16.7. The summed E-state index contributed by atoms with van der Waals surface area (Å²) in [6.07, 6.45) is 5.42. The Labute approximate surface area is 162 Å². The SMILES string of the molecule is CC(C)(C)OC(=O)N1CCC(=Cc2ccc(CN3CCCC3=O)cc2)CC1. The highest BCUT2D eigenvalue weighted by Gasteiger charge is 2.24. The third kappa shape index (κ3) is 5.59. The molecule has 2 aliphatic rings. The molecule has 0 spiro atoms. The summed E-state index contributed by atoms with van der Waals surface area (Å²) >= 11 is 0. The molecule has 27 heavy (non-hydrogen) atoms. The summed E-state index contributed by atoms with van der Waals surface area (Å²) in [5, 5.41) is 0. The number of nitrogens with zero attached hydrogens (tertiary/aromatic N) is 2. The lowest BCUT2D eigenvalue weighted by atomic mass is 10.0. The van der Waals surface area contributed by atoms with Crippen molar-refractivity contribution in [1.29, 1.82) is 0 Å². The fourth-order valence-corrected chi connectivity index (χ4v) is 3.49. The highest BCUT2D eigenvalue weighted by molar-refractivity contribution is 5.78. The normalized spacial score (nSPS) is 18.0. The second kappa shape index (κ2) is 8.15. The van der Waals surface area contributed by atoms with Crippen molar-refractivity contribution in [3.05, 3.63) is 41.0 Å². The number of piperidine rings is 1. The Morgan fingerprint density at radius 1 is 1.07 bits per heavy atom. The van der Waals surface area contributed by atoms with Crippen LogP contribution in [0.5, 0.6) is 0 Å². The Morgan fingerprint density at radius 3 is 2.30 bits per heavy atom. The maximum atomic E-state index is 12.1. The molecule has 2 saturated heterocycles. The van der Waals surface area contributed by atoms with E-state index in [1.807, 2.05) is 25.7 Å². The predicted molar refractivity (Wildman–Crippen MR) is 106 cm³/mol. The molecule has 0 atom stereocenters. The fraction of sp³-hybridized carbons (Fsp3) is 0.545. The van der Waals surface area contributed by atoms with Gasteiger partial charge >= 0.3 is 6.09 Å². The van der Waals surface area contributed by atoms with Crippen molar-refractivity contribution in [2.24, 2.45) is 0 Å². The fourth-order valence-electron chi connectivity index (χ4n) is 3.49. The van der Waals surface area contributed by atoms with E-state index >= 15 is 0 Å². The molecular formula is C22H30N2O3. The molecule has 0 unspecified atom stereocenters. The summed E-state index contributed by atoms with van der Waals surface area (Å²) in [6.45, 7) is 8.67. The molecule has 2 heterocycles. The van der Waals surface area contributed by atoms with Crippen molar-refractivity contribution in [2.75, 3.05) is 19.6 Å². The number of rotatable bonds is 3. The number of likely N-dealkylation sites (tertiary alicyclic amines) is 2. The molecule has 5 heteroatoms. The van der Waals surface area contributed by atoms with Crippen LogP contribution >= 0.6 is 0 Å². The van der Waals surface area contributed by atoms with E-state index in [1.54, 1.807) is 4.90 Å². The lowest BCUT2D eigenvalue weighted by Gasteiger charge is -2.31. The minimum atomic E-state index is -0.450. The van der Waals surface area contributed by atoms with E-state index in [0.29, 0.717) is 26.1 Å². The molecule has 2 aliphatic heterocycles. The van der Waals surface area contributed by atoms with Gasteiger partial charge in [-0.15, -0.1) is 0 Å². The van der Waals surface area contributed by atoms with Gasteiger partial charge in [-0.05, 0) is 51.2 Å². The minimum absolute atomic E-state index is 0.220. The first-order valence-electron chi connectivity index (χ1n) is 9.84. The van der Waals surface area contributed by atoms with Crippen molar-refractivity contribution in [2.45, 2.75) is 58.6 Å². The van der Waals surface area contributed by atoms with Gasteiger partial charge in [-0.1, -0.05) is 35.9 Å². The summed E-state index contributed by atoms with van der Waals surface area (Å²) in [5.74, 6) is 0.262. The molecule has 0 aliphatic carbocycles. The lowest BCUT2D eigenvalue weighted by molar-refractivity contribution is -0.128. The van der Waals surface area contributed by atoms with Gasteiger partial charge in [-0.25, -0.2) is 4.79 Å². The van der Waals surface area contributed by atoms with Crippen LogP contribution in [0.4, 0.5) is 4.79 Å². The van der Waals surface area contributed by atoms with Crippen molar-refractivity contribution in [3.8, 4) is 0 Å². The lowest BCUT2D eigenvalue weighted by Crippen LogP contribution is -2.40. The van der Waals surface area contributed by atoms with Crippen LogP contribution in [0.15, 0.2) is 29.8 Å². The quantitative estimate of drug-likeness (QED) is 0.800. The summed E-state index contributed by atoms with van der Waals surface area (Å²) in [5.41, 5.74) is 3.26. The molecule has 2 amide bonds. The van der Waals surface area contributed by atoms with Crippen LogP contribution in [0.1, 0.15) is 57.6 Å². The average molecular weight is 370 g/mol. The van der Waals surface area contributed by atoms with E-state index in [1.165, 1.54) is 16.7 Å². The van der Waals surface area contributed by atoms with Crippen LogP contribution in [0.2, 0.25) is 0 Å². The van der Waals surface area contributed by atoms with Crippen LogP contribution in [0, 0.1) is 0 Å². The first-order chi connectivity index (χ1) is 12.8. The molecule has 1 aromatic rings. The number of hydrogen-bond donors (Lipinski definition) is 0. The topological polar surface area (TPSA) is 49.9 Å². The second-order valence-corrected chi connectivity index (χ2v) is 8.43. The van der Waals surface area contributed by atoms with Crippen LogP contribution in [0.25, 0.3) is 6.08 Å². The number of ether oxygens (including phenoxy) is 1. The van der Waals surface area contributed by atoms with Gasteiger partial charge in [-0.2, -0.15) is 0 Å². The third-order valence-corrected chi connectivity index (χ3v) is 4.95. The minimum Gasteiger partial charge on any atom is -0.444 e. The Morgan fingerprint density at radius 2 is 1.74 bits per heavy atom. The molecule has 2 fully saturated rings. The number of carbonyl (C=O) groups excluding carboxylic acids is 2. The van der Waals surface area contributed by atoms with Crippen molar-refractivity contribution in [1.82, 2.24) is 9.80 Å². The Kier molecular flexibility index (Phi) is 5.88. The van der Waals surface area contributed by atoms with E-state index in [-0.39, 0.29) is 12.0 Å². The average Bonchev–Trinajstić information content (AvgIpc) is 3.00. The van der Waals surface area contributed by atoms with Gasteiger partial charge in [-0.3, -0.25) is 4.79 Å². The van der Waals surface area contributed by atoms with Gasteiger partial charge in [0, 0.05) is 32.6 Å². The molecule has 5 nitrogen and oxygen atoms in total. The van der Waals surface area contributed by atoms with E-state index in [0.717, 1.165) is 25.8 Å². The van der Waals surface area contributed by atoms with Crippen LogP contribution in [-0.4, -0.2) is 47.0 Å². The van der Waals surface area contributed by atoms with Crippen LogP contribution in [0.3, 0.4) is 0 Å². The maximum absolute atomic E-state index is 12.1. The van der Waals surface area contributed by atoms with E-state index in [2.05, 4.69) is 30.3 Å². The number of benzene rings is 1. The molecule has 0 N–H and O–H groups in total. The Balaban J connectivity index is 1.52. The molecule has 0 radical (unpaired) electrons. The maximum Gasteiger partial charge on any atom is 0.410 e. The zero-order valence-electron chi connectivity index (χ0n) is 16.7. The highest BCUT2D eigenvalue weighted by atomic mass is 16.6. The van der Waals surface area contributed by atoms with Gasteiger partial charge in [0.05, 0.1) is 0 Å². The Bertz CT molecular complexity index is 706. The summed E-state index contributed by atoms with van der Waals surface area (Å²) in [7, 11) is 0. The largest absolute Gasteiger partial charge is 0.444 e. The van der Waals surface area contributed by atoms with Gasteiger partial charge < -0.3 is 14.5 Å². The number of carbonyl (C=O) groups is 2. The van der Waals surface area contributed by atoms with Gasteiger partial charge in [0.1, 0.15) is 5.60 Å². The van der Waals surface area contributed by atoms with Gasteiger partial charge in [0.2, 0.25) is 5.91 Å². The van der Waals surface area contributed by atoms with Gasteiger partial charge in [0.25, 0.3) is 0 Å². The van der Waals surface area contributed by atoms with Crippen molar-refractivity contribution >= 4 is 18.1 Å². The molecule has 146 valence electrons. The summed E-state index contributed by atoms with van der Waals surface area (Å²) in [4.78, 5) is 27.6. The summed E-state index contributed by atoms with van der Waals surface area (Å²) in [6, 6.07) is 8.44.